The van der Waals surface area contributed by atoms with Crippen LogP contribution in [0.3, 0.4) is 0 Å². The van der Waals surface area contributed by atoms with Gasteiger partial charge in [0, 0.05) is 24.7 Å². The molecule has 34 heavy (non-hydrogen) atoms. The summed E-state index contributed by atoms with van der Waals surface area (Å²) in [6, 6.07) is 16.8. The summed E-state index contributed by atoms with van der Waals surface area (Å²) in [4.78, 5) is 35.6. The number of amides is 2. The fraction of sp³-hybridized carbons (Fsp3) is 0.0909. The minimum Gasteiger partial charge on any atom is -0.353 e. The molecule has 2 amide bonds. The molecular formula is C22H19BN6O5. The van der Waals surface area contributed by atoms with Crippen molar-refractivity contribution in [3.8, 4) is 0 Å². The summed E-state index contributed by atoms with van der Waals surface area (Å²) in [5.41, 5.74) is 2.67. The van der Waals surface area contributed by atoms with Gasteiger partial charge in [0.05, 0.1) is 21.9 Å². The lowest BCUT2D eigenvalue weighted by atomic mass is 9.94. The molecule has 0 atom stereocenters. The van der Waals surface area contributed by atoms with Crippen LogP contribution in [0.4, 0.5) is 17.1 Å². The predicted octanol–water partition coefficient (Wildman–Crippen LogP) is 1.29. The smallest absolute Gasteiger partial charge is 0.300 e. The Morgan fingerprint density at radius 2 is 1.65 bits per heavy atom. The molecule has 0 unspecified atom stereocenters. The molecule has 12 heteroatoms. The molecule has 0 saturated heterocycles. The van der Waals surface area contributed by atoms with Gasteiger partial charge in [-0.1, -0.05) is 35.8 Å². The topological polar surface area (TPSA) is 152 Å². The predicted molar refractivity (Wildman–Crippen MR) is 127 cm³/mol. The highest BCUT2D eigenvalue weighted by Crippen LogP contribution is 2.31. The summed E-state index contributed by atoms with van der Waals surface area (Å²) in [6.07, 6.45) is 0. The van der Waals surface area contributed by atoms with Crippen LogP contribution in [0, 0.1) is 10.1 Å². The lowest BCUT2D eigenvalue weighted by Crippen LogP contribution is -2.35. The molecule has 0 saturated carbocycles. The van der Waals surface area contributed by atoms with Crippen LogP contribution in [0.15, 0.2) is 65.3 Å². The highest BCUT2D eigenvalue weighted by atomic mass is 16.6. The number of benzene rings is 3. The van der Waals surface area contributed by atoms with Crippen LogP contribution in [-0.2, 0) is 0 Å². The average molecular weight is 458 g/mol. The van der Waals surface area contributed by atoms with E-state index in [9.17, 15) is 19.7 Å². The summed E-state index contributed by atoms with van der Waals surface area (Å²) in [5, 5.41) is 27.1. The normalized spacial score (nSPS) is 10.6. The highest BCUT2D eigenvalue weighted by Gasteiger charge is 2.20. The number of aromatic nitrogens is 2. The van der Waals surface area contributed by atoms with Gasteiger partial charge in [-0.05, 0) is 34.6 Å². The van der Waals surface area contributed by atoms with Crippen molar-refractivity contribution < 1.29 is 19.1 Å². The maximum atomic E-state index is 12.8. The molecule has 4 aromatic rings. The number of carbonyl (C=O) groups is 2. The molecule has 0 aliphatic heterocycles. The molecule has 4 rings (SSSR count). The van der Waals surface area contributed by atoms with Gasteiger partial charge in [-0.3, -0.25) is 19.7 Å². The van der Waals surface area contributed by atoms with E-state index >= 15 is 0 Å². The largest absolute Gasteiger partial charge is 0.353 e. The average Bonchev–Trinajstić information content (AvgIpc) is 3.32. The SMILES string of the molecule is Bc1cccc(C(=O)NCCNC(=O)c2ccccc2Nc2ccc([N+](=O)[O-])c3nonc23)c1. The van der Waals surface area contributed by atoms with E-state index in [1.807, 2.05) is 20.0 Å². The number of fused-ring (bicyclic) bond motifs is 1. The summed E-state index contributed by atoms with van der Waals surface area (Å²) < 4.78 is 4.68. The minimum atomic E-state index is -0.574. The number of non-ortho nitro benzene ring substituents is 1. The standard InChI is InChI=1S/C22H19BN6O5/c23-14-5-3-4-13(12-14)21(30)24-10-11-25-22(31)15-6-1-2-7-16(15)26-17-8-9-18(29(32)33)20-19(17)27-34-28-20/h1-9,12,26H,10-11,23H2,(H,24,30)(H,25,31). The van der Waals surface area contributed by atoms with Gasteiger partial charge in [0.1, 0.15) is 7.85 Å². The monoisotopic (exact) mass is 458 g/mol. The van der Waals surface area contributed by atoms with Gasteiger partial charge >= 0.3 is 5.69 Å². The molecule has 1 heterocycles. The zero-order valence-corrected chi connectivity index (χ0v) is 18.1. The molecule has 0 aliphatic rings. The van der Waals surface area contributed by atoms with Crippen LogP contribution < -0.4 is 21.4 Å². The van der Waals surface area contributed by atoms with E-state index in [4.69, 9.17) is 0 Å². The third kappa shape index (κ3) is 4.85. The number of nitro groups is 1. The number of carbonyl (C=O) groups excluding carboxylic acids is 2. The Hall–Kier alpha value is -4.74. The molecule has 11 nitrogen and oxygen atoms in total. The Balaban J connectivity index is 1.41. The van der Waals surface area contributed by atoms with Gasteiger partial charge in [-0.2, -0.15) is 0 Å². The van der Waals surface area contributed by atoms with Crippen molar-refractivity contribution >= 4 is 53.2 Å². The van der Waals surface area contributed by atoms with Gasteiger partial charge in [-0.15, -0.1) is 0 Å². The van der Waals surface area contributed by atoms with E-state index < -0.39 is 4.92 Å². The van der Waals surface area contributed by atoms with Crippen LogP contribution in [-0.4, -0.2) is 48.0 Å². The van der Waals surface area contributed by atoms with Crippen molar-refractivity contribution in [2.24, 2.45) is 0 Å². The Kier molecular flexibility index (Phi) is 6.48. The number of rotatable bonds is 8. The number of para-hydroxylation sites is 1. The van der Waals surface area contributed by atoms with Crippen molar-refractivity contribution in [1.82, 2.24) is 20.9 Å². The van der Waals surface area contributed by atoms with Crippen LogP contribution in [0.1, 0.15) is 20.7 Å². The van der Waals surface area contributed by atoms with Crippen molar-refractivity contribution in [1.29, 1.82) is 0 Å². The molecule has 0 radical (unpaired) electrons. The molecular weight excluding hydrogens is 439 g/mol. The Morgan fingerprint density at radius 1 is 0.912 bits per heavy atom. The van der Waals surface area contributed by atoms with E-state index in [0.29, 0.717) is 22.5 Å². The van der Waals surface area contributed by atoms with Crippen LogP contribution in [0.5, 0.6) is 0 Å². The van der Waals surface area contributed by atoms with E-state index in [-0.39, 0.29) is 41.6 Å². The summed E-state index contributed by atoms with van der Waals surface area (Å²) in [5.74, 6) is -0.576. The van der Waals surface area contributed by atoms with E-state index in [1.54, 1.807) is 36.4 Å². The first-order valence-electron chi connectivity index (χ1n) is 10.3. The summed E-state index contributed by atoms with van der Waals surface area (Å²) in [7, 11) is 1.91. The molecule has 3 N–H and O–H groups in total. The van der Waals surface area contributed by atoms with Crippen LogP contribution >= 0.6 is 0 Å². The van der Waals surface area contributed by atoms with E-state index in [0.717, 1.165) is 5.46 Å². The summed E-state index contributed by atoms with van der Waals surface area (Å²) >= 11 is 0. The Morgan fingerprint density at radius 3 is 2.41 bits per heavy atom. The first-order chi connectivity index (χ1) is 16.4. The van der Waals surface area contributed by atoms with Crippen molar-refractivity contribution in [2.45, 2.75) is 0 Å². The van der Waals surface area contributed by atoms with Gasteiger partial charge in [-0.25, -0.2) is 4.63 Å². The minimum absolute atomic E-state index is 0.00119. The first-order valence-corrected chi connectivity index (χ1v) is 10.3. The lowest BCUT2D eigenvalue weighted by Gasteiger charge is -2.13. The second-order valence-electron chi connectivity index (χ2n) is 7.40. The fourth-order valence-corrected chi connectivity index (χ4v) is 3.37. The molecule has 1 aromatic heterocycles. The molecule has 170 valence electrons. The van der Waals surface area contributed by atoms with Crippen molar-refractivity contribution in [3.63, 3.8) is 0 Å². The van der Waals surface area contributed by atoms with Gasteiger partial charge in [0.15, 0.2) is 5.52 Å². The third-order valence-corrected chi connectivity index (χ3v) is 5.01. The van der Waals surface area contributed by atoms with Crippen LogP contribution in [0.2, 0.25) is 0 Å². The molecule has 0 fully saturated rings. The van der Waals surface area contributed by atoms with Gasteiger partial charge in [0.25, 0.3) is 11.8 Å². The maximum absolute atomic E-state index is 12.8. The molecule has 0 spiro atoms. The lowest BCUT2D eigenvalue weighted by molar-refractivity contribution is -0.383. The quantitative estimate of drug-likeness (QED) is 0.155. The zero-order chi connectivity index (χ0) is 24.1. The number of nitro benzene ring substituents is 1. The van der Waals surface area contributed by atoms with Gasteiger partial charge < -0.3 is 16.0 Å². The number of hydrogen-bond acceptors (Lipinski definition) is 8. The third-order valence-electron chi connectivity index (χ3n) is 5.01. The fourth-order valence-electron chi connectivity index (χ4n) is 3.37. The van der Waals surface area contributed by atoms with E-state index in [1.165, 1.54) is 12.1 Å². The van der Waals surface area contributed by atoms with E-state index in [2.05, 4.69) is 30.9 Å². The highest BCUT2D eigenvalue weighted by molar-refractivity contribution is 6.32. The number of nitrogens with zero attached hydrogens (tertiary/aromatic N) is 3. The first kappa shape index (κ1) is 22.5. The number of anilines is 2. The number of hydrogen-bond donors (Lipinski definition) is 3. The zero-order valence-electron chi connectivity index (χ0n) is 18.1. The van der Waals surface area contributed by atoms with Crippen molar-refractivity contribution in [3.05, 3.63) is 81.9 Å². The number of nitrogens with one attached hydrogen (secondary N) is 3. The Labute approximate surface area is 194 Å². The van der Waals surface area contributed by atoms with Crippen molar-refractivity contribution in [2.75, 3.05) is 18.4 Å². The molecule has 0 aliphatic carbocycles. The van der Waals surface area contributed by atoms with Crippen LogP contribution in [0.25, 0.3) is 11.0 Å². The summed E-state index contributed by atoms with van der Waals surface area (Å²) in [6.45, 7) is 0.474. The maximum Gasteiger partial charge on any atom is 0.300 e. The molecule has 0 bridgehead atoms. The Bertz CT molecular complexity index is 1390. The van der Waals surface area contributed by atoms with Gasteiger partial charge in [0.2, 0.25) is 5.52 Å². The second-order valence-corrected chi connectivity index (χ2v) is 7.40. The molecule has 3 aromatic carbocycles. The second kappa shape index (κ2) is 9.82.